The molecule has 0 saturated carbocycles. The fourth-order valence-corrected chi connectivity index (χ4v) is 1.81. The summed E-state index contributed by atoms with van der Waals surface area (Å²) in [5.74, 6) is 1.36. The Labute approximate surface area is 118 Å². The summed E-state index contributed by atoms with van der Waals surface area (Å²) in [5.41, 5.74) is 1.64. The zero-order chi connectivity index (χ0) is 14.8. The molecule has 5 nitrogen and oxygen atoms in total. The van der Waals surface area contributed by atoms with Gasteiger partial charge in [-0.25, -0.2) is 4.68 Å². The van der Waals surface area contributed by atoms with Gasteiger partial charge in [-0.2, -0.15) is 5.10 Å². The summed E-state index contributed by atoms with van der Waals surface area (Å²) in [6, 6.07) is 9.32. The van der Waals surface area contributed by atoms with Crippen molar-refractivity contribution in [1.29, 1.82) is 0 Å². The molecule has 1 heterocycles. The number of methoxy groups -OCH3 is 1. The third-order valence-electron chi connectivity index (χ3n) is 2.97. The number of carbonyl (C=O) groups excluding carboxylic acids is 1. The normalized spacial score (nSPS) is 11.2. The van der Waals surface area contributed by atoms with Crippen molar-refractivity contribution in [2.45, 2.75) is 26.2 Å². The van der Waals surface area contributed by atoms with Gasteiger partial charge >= 0.3 is 6.41 Å². The van der Waals surface area contributed by atoms with E-state index >= 15 is 0 Å². The van der Waals surface area contributed by atoms with Crippen molar-refractivity contribution in [1.82, 2.24) is 9.78 Å². The van der Waals surface area contributed by atoms with Gasteiger partial charge in [0.15, 0.2) is 0 Å². The highest BCUT2D eigenvalue weighted by Crippen LogP contribution is 2.26. The first-order valence-corrected chi connectivity index (χ1v) is 6.34. The van der Waals surface area contributed by atoms with Crippen LogP contribution in [0.3, 0.4) is 0 Å². The number of nitrogens with one attached hydrogen (secondary N) is 1. The van der Waals surface area contributed by atoms with E-state index in [9.17, 15) is 4.79 Å². The zero-order valence-corrected chi connectivity index (χ0v) is 12.1. The molecule has 1 radical (unpaired) electrons. The zero-order valence-electron chi connectivity index (χ0n) is 12.1. The van der Waals surface area contributed by atoms with Gasteiger partial charge in [-0.15, -0.1) is 0 Å². The van der Waals surface area contributed by atoms with Crippen molar-refractivity contribution in [3.63, 3.8) is 0 Å². The number of hydrogen-bond donors (Lipinski definition) is 1. The second-order valence-electron chi connectivity index (χ2n) is 5.50. The van der Waals surface area contributed by atoms with Crippen LogP contribution in [0.1, 0.15) is 26.5 Å². The van der Waals surface area contributed by atoms with Crippen molar-refractivity contribution in [2.75, 3.05) is 12.4 Å². The van der Waals surface area contributed by atoms with Crippen LogP contribution in [0.25, 0.3) is 5.69 Å². The molecule has 0 saturated heterocycles. The van der Waals surface area contributed by atoms with Crippen LogP contribution in [-0.4, -0.2) is 23.3 Å². The minimum absolute atomic E-state index is 0.100. The molecule has 0 spiro atoms. The molecule has 0 bridgehead atoms. The summed E-state index contributed by atoms with van der Waals surface area (Å²) < 4.78 is 6.82. The number of anilines is 1. The third-order valence-corrected chi connectivity index (χ3v) is 2.97. The Morgan fingerprint density at radius 1 is 1.25 bits per heavy atom. The quantitative estimate of drug-likeness (QED) is 0.870. The number of aromatic nitrogens is 2. The average Bonchev–Trinajstić information content (AvgIpc) is 2.83. The molecule has 1 aromatic heterocycles. The van der Waals surface area contributed by atoms with Crippen molar-refractivity contribution in [2.24, 2.45) is 0 Å². The van der Waals surface area contributed by atoms with Gasteiger partial charge in [-0.05, 0) is 24.3 Å². The van der Waals surface area contributed by atoms with Gasteiger partial charge in [0, 0.05) is 11.5 Å². The molecule has 0 aliphatic heterocycles. The molecule has 1 N–H and O–H groups in total. The number of amides is 1. The summed E-state index contributed by atoms with van der Waals surface area (Å²) in [7, 11) is 1.62. The van der Waals surface area contributed by atoms with Gasteiger partial charge in [-0.1, -0.05) is 20.8 Å². The standard InChI is InChI=1S/C15H18N3O2/c1-15(2,3)13-9-14(16-10-19)18(17-13)11-5-7-12(20-4)8-6-11/h5-9H,1-4H3,(H,16,19). The second-order valence-corrected chi connectivity index (χ2v) is 5.50. The minimum Gasteiger partial charge on any atom is -0.497 e. The molecule has 1 amide bonds. The first-order valence-electron chi connectivity index (χ1n) is 6.34. The van der Waals surface area contributed by atoms with E-state index in [1.807, 2.05) is 30.3 Å². The Bertz CT molecular complexity index is 595. The van der Waals surface area contributed by atoms with Crippen LogP contribution in [0.4, 0.5) is 5.82 Å². The van der Waals surface area contributed by atoms with Crippen molar-refractivity contribution >= 4 is 12.2 Å². The minimum atomic E-state index is -0.100. The van der Waals surface area contributed by atoms with Crippen molar-refractivity contribution in [3.8, 4) is 11.4 Å². The topological polar surface area (TPSA) is 56.1 Å². The summed E-state index contributed by atoms with van der Waals surface area (Å²) >= 11 is 0. The number of nitrogens with zero attached hydrogens (tertiary/aromatic N) is 2. The fraction of sp³-hybridized carbons (Fsp3) is 0.333. The number of hydrogen-bond acceptors (Lipinski definition) is 3. The predicted molar refractivity (Wildman–Crippen MR) is 78.1 cm³/mol. The highest BCUT2D eigenvalue weighted by atomic mass is 16.5. The maximum absolute atomic E-state index is 10.6. The third kappa shape index (κ3) is 2.82. The van der Waals surface area contributed by atoms with Crippen molar-refractivity contribution < 1.29 is 9.53 Å². The maximum atomic E-state index is 10.6. The van der Waals surface area contributed by atoms with Gasteiger partial charge in [0.2, 0.25) is 0 Å². The highest BCUT2D eigenvalue weighted by molar-refractivity contribution is 5.71. The summed E-state index contributed by atoms with van der Waals surface area (Å²) in [6.07, 6.45) is 1.70. The highest BCUT2D eigenvalue weighted by Gasteiger charge is 2.20. The number of benzene rings is 1. The molecule has 0 unspecified atom stereocenters. The lowest BCUT2D eigenvalue weighted by Gasteiger charge is -2.14. The largest absolute Gasteiger partial charge is 0.497 e. The lowest BCUT2D eigenvalue weighted by molar-refractivity contribution is 0.414. The molecule has 2 aromatic rings. The molecule has 0 atom stereocenters. The van der Waals surface area contributed by atoms with Crippen LogP contribution in [0, 0.1) is 0 Å². The van der Waals surface area contributed by atoms with Gasteiger partial charge in [0.25, 0.3) is 0 Å². The van der Waals surface area contributed by atoms with Gasteiger partial charge < -0.3 is 10.1 Å². The summed E-state index contributed by atoms with van der Waals surface area (Å²) in [4.78, 5) is 10.6. The smallest absolute Gasteiger partial charge is 0.315 e. The molecule has 20 heavy (non-hydrogen) atoms. The second kappa shape index (κ2) is 5.36. The summed E-state index contributed by atoms with van der Waals surface area (Å²) in [6.45, 7) is 6.21. The number of ether oxygens (including phenoxy) is 1. The van der Waals surface area contributed by atoms with Crippen LogP contribution in [0.15, 0.2) is 30.3 Å². The Balaban J connectivity index is 2.47. The molecule has 0 aliphatic carbocycles. The van der Waals surface area contributed by atoms with E-state index in [1.165, 1.54) is 0 Å². The van der Waals surface area contributed by atoms with E-state index < -0.39 is 0 Å². The molecule has 0 aliphatic rings. The Kier molecular flexibility index (Phi) is 3.79. The van der Waals surface area contributed by atoms with E-state index in [0.29, 0.717) is 5.82 Å². The fourth-order valence-electron chi connectivity index (χ4n) is 1.81. The van der Waals surface area contributed by atoms with Crippen LogP contribution < -0.4 is 10.1 Å². The van der Waals surface area contributed by atoms with Crippen molar-refractivity contribution in [3.05, 3.63) is 36.0 Å². The van der Waals surface area contributed by atoms with Gasteiger partial charge in [0.1, 0.15) is 11.6 Å². The lowest BCUT2D eigenvalue weighted by Crippen LogP contribution is -2.12. The van der Waals surface area contributed by atoms with E-state index in [4.69, 9.17) is 4.74 Å². The SMILES string of the molecule is COc1ccc(-n2nc(C(C)(C)C)cc2N[C]=O)cc1. The first-order chi connectivity index (χ1) is 9.45. The number of rotatable bonds is 4. The van der Waals surface area contributed by atoms with E-state index in [1.54, 1.807) is 18.2 Å². The Morgan fingerprint density at radius 3 is 2.40 bits per heavy atom. The Morgan fingerprint density at radius 2 is 1.90 bits per heavy atom. The van der Waals surface area contributed by atoms with Gasteiger partial charge in [0.05, 0.1) is 18.5 Å². The Hall–Kier alpha value is -2.30. The van der Waals surface area contributed by atoms with Crippen LogP contribution >= 0.6 is 0 Å². The average molecular weight is 272 g/mol. The lowest BCUT2D eigenvalue weighted by atomic mass is 9.92. The molecule has 5 heteroatoms. The van der Waals surface area contributed by atoms with Crippen LogP contribution in [0.5, 0.6) is 5.75 Å². The predicted octanol–water partition coefficient (Wildman–Crippen LogP) is 2.66. The molecular formula is C15H18N3O2. The first kappa shape index (κ1) is 14.1. The van der Waals surface area contributed by atoms with Crippen LogP contribution in [0.2, 0.25) is 0 Å². The maximum Gasteiger partial charge on any atom is 0.315 e. The van der Waals surface area contributed by atoms with E-state index in [2.05, 4.69) is 31.2 Å². The van der Waals surface area contributed by atoms with E-state index in [-0.39, 0.29) is 5.41 Å². The monoisotopic (exact) mass is 272 g/mol. The van der Waals surface area contributed by atoms with E-state index in [0.717, 1.165) is 17.1 Å². The molecule has 2 rings (SSSR count). The van der Waals surface area contributed by atoms with Gasteiger partial charge in [-0.3, -0.25) is 4.79 Å². The van der Waals surface area contributed by atoms with Crippen LogP contribution in [-0.2, 0) is 10.2 Å². The summed E-state index contributed by atoms with van der Waals surface area (Å²) in [5, 5.41) is 7.12. The molecule has 105 valence electrons. The molecule has 1 aromatic carbocycles. The molecular weight excluding hydrogens is 254 g/mol. The molecule has 0 fully saturated rings.